The molecular weight excluding hydrogens is 174 g/mol. The smallest absolute Gasteiger partial charge is 0.124 e. The molecule has 1 aliphatic heterocycles. The van der Waals surface area contributed by atoms with Crippen LogP contribution in [0.15, 0.2) is 18.2 Å². The number of halogens is 1. The fourth-order valence-electron chi connectivity index (χ4n) is 1.41. The molecule has 1 heterocycles. The summed E-state index contributed by atoms with van der Waals surface area (Å²) in [5.74, 6) is 0.861. The molecule has 0 aliphatic carbocycles. The maximum atomic E-state index is 5.88. The van der Waals surface area contributed by atoms with Gasteiger partial charge in [0.2, 0.25) is 0 Å². The zero-order valence-corrected chi connectivity index (χ0v) is 7.51. The van der Waals surface area contributed by atoms with Gasteiger partial charge in [0.15, 0.2) is 0 Å². The summed E-state index contributed by atoms with van der Waals surface area (Å²) in [5.41, 5.74) is 6.88. The van der Waals surface area contributed by atoms with E-state index in [4.69, 9.17) is 22.1 Å². The lowest BCUT2D eigenvalue weighted by Gasteiger charge is -2.07. The van der Waals surface area contributed by atoms with Crippen molar-refractivity contribution in [2.24, 2.45) is 5.73 Å². The first-order chi connectivity index (χ1) is 5.68. The van der Waals surface area contributed by atoms with Gasteiger partial charge in [0, 0.05) is 10.6 Å². The number of nitrogens with two attached hydrogens (primary N) is 1. The Balaban J connectivity index is 2.48. The summed E-state index contributed by atoms with van der Waals surface area (Å²) in [6.45, 7) is 1.96. The van der Waals surface area contributed by atoms with Crippen molar-refractivity contribution in [1.29, 1.82) is 0 Å². The maximum absolute atomic E-state index is 5.88. The molecule has 1 aliphatic rings. The van der Waals surface area contributed by atoms with Crippen LogP contribution in [0.4, 0.5) is 0 Å². The lowest BCUT2D eigenvalue weighted by Crippen LogP contribution is -2.21. The molecule has 64 valence electrons. The number of rotatable bonds is 0. The van der Waals surface area contributed by atoms with Gasteiger partial charge < -0.3 is 10.5 Å². The summed E-state index contributed by atoms with van der Waals surface area (Å²) in [7, 11) is 0. The normalized spacial score (nSPS) is 26.6. The second kappa shape index (κ2) is 2.64. The molecule has 2 N–H and O–H groups in total. The quantitative estimate of drug-likeness (QED) is 0.669. The highest BCUT2D eigenvalue weighted by atomic mass is 35.5. The fourth-order valence-corrected chi connectivity index (χ4v) is 1.59. The summed E-state index contributed by atoms with van der Waals surface area (Å²) >= 11 is 5.83. The average Bonchev–Trinajstić information content (AvgIpc) is 2.31. The van der Waals surface area contributed by atoms with Crippen LogP contribution < -0.4 is 10.5 Å². The first kappa shape index (κ1) is 7.90. The van der Waals surface area contributed by atoms with E-state index in [9.17, 15) is 0 Å². The van der Waals surface area contributed by atoms with Crippen LogP contribution in [-0.4, -0.2) is 6.10 Å². The van der Waals surface area contributed by atoms with E-state index >= 15 is 0 Å². The largest absolute Gasteiger partial charge is 0.488 e. The molecular formula is C9H10ClNO. The maximum Gasteiger partial charge on any atom is 0.124 e. The monoisotopic (exact) mass is 183 g/mol. The first-order valence-electron chi connectivity index (χ1n) is 3.90. The van der Waals surface area contributed by atoms with Crippen molar-refractivity contribution in [3.8, 4) is 5.75 Å². The minimum absolute atomic E-state index is 0.0429. The third-order valence-electron chi connectivity index (χ3n) is 2.15. The molecule has 2 nitrogen and oxygen atoms in total. The summed E-state index contributed by atoms with van der Waals surface area (Å²) in [6.07, 6.45) is 0.0541. The molecule has 2 atom stereocenters. The molecule has 2 unspecified atom stereocenters. The molecule has 12 heavy (non-hydrogen) atoms. The average molecular weight is 184 g/mol. The molecule has 0 radical (unpaired) electrons. The summed E-state index contributed by atoms with van der Waals surface area (Å²) < 4.78 is 5.49. The topological polar surface area (TPSA) is 35.2 Å². The molecule has 0 saturated carbocycles. The summed E-state index contributed by atoms with van der Waals surface area (Å²) in [6, 6.07) is 5.50. The van der Waals surface area contributed by atoms with Gasteiger partial charge in [-0.1, -0.05) is 11.6 Å². The van der Waals surface area contributed by atoms with Gasteiger partial charge in [-0.15, -0.1) is 0 Å². The minimum Gasteiger partial charge on any atom is -0.488 e. The summed E-state index contributed by atoms with van der Waals surface area (Å²) in [5, 5.41) is 0.710. The molecule has 1 aromatic carbocycles. The van der Waals surface area contributed by atoms with E-state index in [1.807, 2.05) is 25.1 Å². The number of fused-ring (bicyclic) bond motifs is 1. The Morgan fingerprint density at radius 3 is 3.00 bits per heavy atom. The van der Waals surface area contributed by atoms with Gasteiger partial charge >= 0.3 is 0 Å². The van der Waals surface area contributed by atoms with Gasteiger partial charge in [-0.05, 0) is 25.1 Å². The number of ether oxygens (including phenoxy) is 1. The van der Waals surface area contributed by atoms with E-state index in [0.29, 0.717) is 5.02 Å². The lowest BCUT2D eigenvalue weighted by atomic mass is 10.1. The van der Waals surface area contributed by atoms with E-state index < -0.39 is 0 Å². The highest BCUT2D eigenvalue weighted by Gasteiger charge is 2.27. The Kier molecular flexibility index (Phi) is 1.74. The van der Waals surface area contributed by atoms with Gasteiger partial charge in [-0.2, -0.15) is 0 Å². The molecule has 0 spiro atoms. The van der Waals surface area contributed by atoms with E-state index in [1.54, 1.807) is 0 Å². The van der Waals surface area contributed by atoms with Crippen LogP contribution in [0.1, 0.15) is 18.5 Å². The van der Waals surface area contributed by atoms with Crippen LogP contribution in [0.5, 0.6) is 5.75 Å². The van der Waals surface area contributed by atoms with Crippen LogP contribution >= 0.6 is 11.6 Å². The molecule has 2 rings (SSSR count). The van der Waals surface area contributed by atoms with E-state index in [-0.39, 0.29) is 12.1 Å². The van der Waals surface area contributed by atoms with Crippen LogP contribution in [0, 0.1) is 0 Å². The zero-order valence-electron chi connectivity index (χ0n) is 6.75. The molecule has 0 saturated heterocycles. The van der Waals surface area contributed by atoms with Crippen molar-refractivity contribution >= 4 is 11.6 Å². The second-order valence-corrected chi connectivity index (χ2v) is 3.47. The number of hydrogen-bond acceptors (Lipinski definition) is 2. The third kappa shape index (κ3) is 1.08. The molecule has 1 aromatic rings. The van der Waals surface area contributed by atoms with E-state index in [2.05, 4.69) is 0 Å². The third-order valence-corrected chi connectivity index (χ3v) is 2.38. The van der Waals surface area contributed by atoms with Gasteiger partial charge in [-0.3, -0.25) is 0 Å². The molecule has 3 heteroatoms. The Labute approximate surface area is 76.3 Å². The summed E-state index contributed by atoms with van der Waals surface area (Å²) in [4.78, 5) is 0. The van der Waals surface area contributed by atoms with Gasteiger partial charge in [-0.25, -0.2) is 0 Å². The molecule has 0 amide bonds. The highest BCUT2D eigenvalue weighted by Crippen LogP contribution is 2.36. The molecule has 0 fully saturated rings. The Morgan fingerprint density at radius 2 is 2.25 bits per heavy atom. The Hall–Kier alpha value is -0.730. The van der Waals surface area contributed by atoms with Crippen LogP contribution in [-0.2, 0) is 0 Å². The molecule has 0 aromatic heterocycles. The van der Waals surface area contributed by atoms with Crippen molar-refractivity contribution in [2.45, 2.75) is 19.1 Å². The van der Waals surface area contributed by atoms with Crippen LogP contribution in [0.25, 0.3) is 0 Å². The minimum atomic E-state index is -0.0429. The predicted octanol–water partition coefficient (Wildman–Crippen LogP) is 2.12. The Bertz CT molecular complexity index is 313. The van der Waals surface area contributed by atoms with Gasteiger partial charge in [0.05, 0.1) is 6.04 Å². The van der Waals surface area contributed by atoms with Crippen LogP contribution in [0.2, 0.25) is 5.02 Å². The number of benzene rings is 1. The van der Waals surface area contributed by atoms with Crippen molar-refractivity contribution in [3.05, 3.63) is 28.8 Å². The fraction of sp³-hybridized carbons (Fsp3) is 0.333. The second-order valence-electron chi connectivity index (χ2n) is 3.03. The predicted molar refractivity (Wildman–Crippen MR) is 48.5 cm³/mol. The van der Waals surface area contributed by atoms with Gasteiger partial charge in [0.25, 0.3) is 0 Å². The molecule has 0 bridgehead atoms. The zero-order chi connectivity index (χ0) is 8.72. The SMILES string of the molecule is CC1Oc2ccc(Cl)cc2C1N. The van der Waals surface area contributed by atoms with E-state index in [1.165, 1.54) is 0 Å². The van der Waals surface area contributed by atoms with Crippen molar-refractivity contribution in [2.75, 3.05) is 0 Å². The number of hydrogen-bond donors (Lipinski definition) is 1. The van der Waals surface area contributed by atoms with Crippen molar-refractivity contribution in [1.82, 2.24) is 0 Å². The van der Waals surface area contributed by atoms with E-state index in [0.717, 1.165) is 11.3 Å². The Morgan fingerprint density at radius 1 is 1.50 bits per heavy atom. The van der Waals surface area contributed by atoms with Gasteiger partial charge in [0.1, 0.15) is 11.9 Å². The standard InChI is InChI=1S/C9H10ClNO/c1-5-9(11)7-4-6(10)2-3-8(7)12-5/h2-5,9H,11H2,1H3. The van der Waals surface area contributed by atoms with Crippen LogP contribution in [0.3, 0.4) is 0 Å². The van der Waals surface area contributed by atoms with Crippen molar-refractivity contribution < 1.29 is 4.74 Å². The lowest BCUT2D eigenvalue weighted by molar-refractivity contribution is 0.228. The highest BCUT2D eigenvalue weighted by molar-refractivity contribution is 6.30. The van der Waals surface area contributed by atoms with Crippen molar-refractivity contribution in [3.63, 3.8) is 0 Å². The first-order valence-corrected chi connectivity index (χ1v) is 4.28.